The third kappa shape index (κ3) is 3.23. The van der Waals surface area contributed by atoms with Gasteiger partial charge in [-0.15, -0.1) is 0 Å². The highest BCUT2D eigenvalue weighted by molar-refractivity contribution is 7.86. The Bertz CT molecular complexity index is 621. The van der Waals surface area contributed by atoms with Gasteiger partial charge in [-0.05, 0) is 25.5 Å². The molecule has 1 aliphatic carbocycles. The molecule has 0 fully saturated rings. The topological polar surface area (TPSA) is 86.5 Å². The van der Waals surface area contributed by atoms with Crippen LogP contribution in [0.4, 0.5) is 0 Å². The molecule has 2 rings (SSSR count). The van der Waals surface area contributed by atoms with Crippen LogP contribution in [0.2, 0.25) is 0 Å². The molecule has 0 saturated heterocycles. The zero-order valence-corrected chi connectivity index (χ0v) is 11.7. The van der Waals surface area contributed by atoms with Crippen LogP contribution in [0.15, 0.2) is 41.3 Å². The summed E-state index contributed by atoms with van der Waals surface area (Å²) in [5.41, 5.74) is 0.924. The third-order valence-corrected chi connectivity index (χ3v) is 4.52. The van der Waals surface area contributed by atoms with E-state index in [1.54, 1.807) is 24.3 Å². The van der Waals surface area contributed by atoms with Gasteiger partial charge in [-0.1, -0.05) is 29.8 Å². The summed E-state index contributed by atoms with van der Waals surface area (Å²) < 4.78 is 29.3. The number of hydrogen-bond donors (Lipinski definition) is 0. The predicted octanol–water partition coefficient (Wildman–Crippen LogP) is 2.06. The van der Waals surface area contributed by atoms with E-state index in [1.807, 2.05) is 6.92 Å². The largest absolute Gasteiger partial charge is 0.297 e. The Labute approximate surface area is 117 Å². The molecule has 0 spiro atoms. The lowest BCUT2D eigenvalue weighted by Crippen LogP contribution is -2.38. The average Bonchev–Trinajstić information content (AvgIpc) is 2.39. The first-order valence-corrected chi connectivity index (χ1v) is 7.59. The second-order valence-corrected chi connectivity index (χ2v) is 6.27. The first-order valence-electron chi connectivity index (χ1n) is 6.18. The van der Waals surface area contributed by atoms with Crippen LogP contribution < -0.4 is 0 Å². The maximum Gasteiger partial charge on any atom is 0.297 e. The van der Waals surface area contributed by atoms with E-state index in [0.29, 0.717) is 0 Å². The van der Waals surface area contributed by atoms with Crippen molar-refractivity contribution in [3.8, 4) is 0 Å². The quantitative estimate of drug-likeness (QED) is 0.367. The van der Waals surface area contributed by atoms with Crippen LogP contribution in [-0.4, -0.2) is 25.5 Å². The minimum atomic E-state index is -3.98. The summed E-state index contributed by atoms with van der Waals surface area (Å²) in [7, 11) is -3.98. The molecule has 0 saturated carbocycles. The van der Waals surface area contributed by atoms with Crippen molar-refractivity contribution in [3.05, 3.63) is 52.1 Å². The molecule has 1 aromatic carbocycles. The summed E-state index contributed by atoms with van der Waals surface area (Å²) in [5.74, 6) is 0. The minimum absolute atomic E-state index is 0.0137. The Kier molecular flexibility index (Phi) is 4.20. The van der Waals surface area contributed by atoms with E-state index in [1.165, 1.54) is 12.1 Å². The SMILES string of the molecule is Cc1ccc(S(=O)(=O)OC2CC=CCC2[N+](=O)[O-])cc1. The summed E-state index contributed by atoms with van der Waals surface area (Å²) >= 11 is 0. The molecule has 0 N–H and O–H groups in total. The summed E-state index contributed by atoms with van der Waals surface area (Å²) in [4.78, 5) is 10.5. The van der Waals surface area contributed by atoms with Gasteiger partial charge in [0.05, 0.1) is 4.90 Å². The van der Waals surface area contributed by atoms with Gasteiger partial charge in [-0.25, -0.2) is 0 Å². The predicted molar refractivity (Wildman–Crippen MR) is 72.4 cm³/mol. The second-order valence-electron chi connectivity index (χ2n) is 4.70. The monoisotopic (exact) mass is 297 g/mol. The van der Waals surface area contributed by atoms with Gasteiger partial charge in [0.25, 0.3) is 10.1 Å². The van der Waals surface area contributed by atoms with E-state index in [-0.39, 0.29) is 17.7 Å². The minimum Gasteiger partial charge on any atom is -0.264 e. The van der Waals surface area contributed by atoms with Crippen molar-refractivity contribution in [3.63, 3.8) is 0 Å². The van der Waals surface area contributed by atoms with Crippen LogP contribution in [0.5, 0.6) is 0 Å². The smallest absolute Gasteiger partial charge is 0.264 e. The Morgan fingerprint density at radius 1 is 1.20 bits per heavy atom. The molecule has 2 unspecified atom stereocenters. The van der Waals surface area contributed by atoms with Crippen molar-refractivity contribution in [2.45, 2.75) is 36.8 Å². The normalized spacial score (nSPS) is 22.6. The van der Waals surface area contributed by atoms with Crippen molar-refractivity contribution in [2.24, 2.45) is 0 Å². The standard InChI is InChI=1S/C13H15NO5S/c1-10-6-8-11(9-7-10)20(17,18)19-13-5-3-2-4-12(13)14(15)16/h2-3,6-9,12-13H,4-5H2,1H3. The Morgan fingerprint density at radius 3 is 2.40 bits per heavy atom. The van der Waals surface area contributed by atoms with Crippen molar-refractivity contribution in [1.82, 2.24) is 0 Å². The Hall–Kier alpha value is -1.73. The van der Waals surface area contributed by atoms with Gasteiger partial charge in [0.2, 0.25) is 6.04 Å². The van der Waals surface area contributed by atoms with Crippen molar-refractivity contribution < 1.29 is 17.5 Å². The van der Waals surface area contributed by atoms with Gasteiger partial charge in [0, 0.05) is 11.3 Å². The van der Waals surface area contributed by atoms with Gasteiger partial charge in [0.1, 0.15) is 6.10 Å². The first-order chi connectivity index (χ1) is 9.40. The van der Waals surface area contributed by atoms with Crippen LogP contribution in [0.3, 0.4) is 0 Å². The van der Waals surface area contributed by atoms with Crippen LogP contribution in [0.1, 0.15) is 18.4 Å². The number of rotatable bonds is 4. The lowest BCUT2D eigenvalue weighted by Gasteiger charge is -2.21. The number of hydrogen-bond acceptors (Lipinski definition) is 5. The van der Waals surface area contributed by atoms with Crippen LogP contribution in [0, 0.1) is 17.0 Å². The zero-order valence-electron chi connectivity index (χ0n) is 10.9. The Morgan fingerprint density at radius 2 is 1.80 bits per heavy atom. The van der Waals surface area contributed by atoms with E-state index in [4.69, 9.17) is 4.18 Å². The molecule has 0 amide bonds. The highest BCUT2D eigenvalue weighted by atomic mass is 32.2. The molecule has 0 aliphatic heterocycles. The fraction of sp³-hybridized carbons (Fsp3) is 0.385. The molecule has 20 heavy (non-hydrogen) atoms. The molecular weight excluding hydrogens is 282 g/mol. The number of nitro groups is 1. The molecule has 2 atom stereocenters. The van der Waals surface area contributed by atoms with Crippen LogP contribution in [0.25, 0.3) is 0 Å². The molecule has 6 nitrogen and oxygen atoms in total. The third-order valence-electron chi connectivity index (χ3n) is 3.17. The fourth-order valence-electron chi connectivity index (χ4n) is 2.02. The highest BCUT2D eigenvalue weighted by Gasteiger charge is 2.36. The van der Waals surface area contributed by atoms with E-state index in [2.05, 4.69) is 0 Å². The van der Waals surface area contributed by atoms with E-state index < -0.39 is 27.2 Å². The average molecular weight is 297 g/mol. The van der Waals surface area contributed by atoms with Gasteiger partial charge in [-0.3, -0.25) is 14.3 Å². The van der Waals surface area contributed by atoms with Crippen LogP contribution >= 0.6 is 0 Å². The summed E-state index contributed by atoms with van der Waals surface area (Å²) in [5, 5.41) is 10.9. The lowest BCUT2D eigenvalue weighted by atomic mass is 10.00. The van der Waals surface area contributed by atoms with E-state index in [0.717, 1.165) is 5.56 Å². The van der Waals surface area contributed by atoms with Gasteiger partial charge in [-0.2, -0.15) is 8.42 Å². The second kappa shape index (κ2) is 5.72. The van der Waals surface area contributed by atoms with Gasteiger partial charge >= 0.3 is 0 Å². The summed E-state index contributed by atoms with van der Waals surface area (Å²) in [6.07, 6.45) is 2.82. The molecule has 7 heteroatoms. The van der Waals surface area contributed by atoms with E-state index in [9.17, 15) is 18.5 Å². The first kappa shape index (κ1) is 14.7. The number of nitrogens with zero attached hydrogens (tertiary/aromatic N) is 1. The maximum atomic E-state index is 12.1. The molecule has 1 aliphatic rings. The van der Waals surface area contributed by atoms with Crippen molar-refractivity contribution in [2.75, 3.05) is 0 Å². The zero-order chi connectivity index (χ0) is 14.8. The maximum absolute atomic E-state index is 12.1. The highest BCUT2D eigenvalue weighted by Crippen LogP contribution is 2.23. The fourth-order valence-corrected chi connectivity index (χ4v) is 3.14. The number of aryl methyl sites for hydroxylation is 1. The van der Waals surface area contributed by atoms with Gasteiger partial charge < -0.3 is 0 Å². The number of benzene rings is 1. The van der Waals surface area contributed by atoms with Crippen molar-refractivity contribution in [1.29, 1.82) is 0 Å². The molecule has 0 radical (unpaired) electrons. The van der Waals surface area contributed by atoms with E-state index >= 15 is 0 Å². The molecule has 108 valence electrons. The summed E-state index contributed by atoms with van der Waals surface area (Å²) in [6, 6.07) is 5.15. The molecule has 0 aromatic heterocycles. The molecule has 1 aromatic rings. The van der Waals surface area contributed by atoms with Crippen molar-refractivity contribution >= 4 is 10.1 Å². The van der Waals surface area contributed by atoms with Gasteiger partial charge in [0.15, 0.2) is 0 Å². The molecule has 0 bridgehead atoms. The molecular formula is C13H15NO5S. The Balaban J connectivity index is 2.21. The van der Waals surface area contributed by atoms with Crippen LogP contribution in [-0.2, 0) is 14.3 Å². The molecule has 0 heterocycles. The lowest BCUT2D eigenvalue weighted by molar-refractivity contribution is -0.532. The summed E-state index contributed by atoms with van der Waals surface area (Å²) in [6.45, 7) is 1.84.